The van der Waals surface area contributed by atoms with Gasteiger partial charge >= 0.3 is 5.97 Å². The molecule has 1 amide bonds. The number of ether oxygens (including phenoxy) is 2. The minimum Gasteiger partial charge on any atom is -0.504 e. The number of rotatable bonds is 8. The van der Waals surface area contributed by atoms with Crippen molar-refractivity contribution in [1.29, 1.82) is 0 Å². The molecule has 0 aromatic heterocycles. The standard InChI is InChI=1S/C18H25NO10/c20-8-12-15(25)16(26)17(27)18(28-12)29-14(24)4-3-13(23)19-6-5-9-1-2-10(21)11(22)7-9/h1-2,7,12,15-18,20-22,25-27H,3-6,8H2,(H,19,23)/t12-,15-,16+,17-,18+/m1/s1. The first kappa shape index (κ1) is 22.8. The van der Waals surface area contributed by atoms with Gasteiger partial charge in [0.15, 0.2) is 11.5 Å². The largest absolute Gasteiger partial charge is 0.504 e. The third kappa shape index (κ3) is 6.27. The average molecular weight is 415 g/mol. The summed E-state index contributed by atoms with van der Waals surface area (Å²) in [5.41, 5.74) is 0.697. The molecule has 29 heavy (non-hydrogen) atoms. The Kier molecular flexibility index (Phi) is 8.17. The molecule has 1 heterocycles. The Labute approximate surface area is 166 Å². The summed E-state index contributed by atoms with van der Waals surface area (Å²) in [5.74, 6) is -1.80. The van der Waals surface area contributed by atoms with Crippen LogP contribution in [0.3, 0.4) is 0 Å². The van der Waals surface area contributed by atoms with Gasteiger partial charge < -0.3 is 45.4 Å². The van der Waals surface area contributed by atoms with E-state index in [4.69, 9.17) is 14.6 Å². The summed E-state index contributed by atoms with van der Waals surface area (Å²) in [5, 5.41) is 59.4. The lowest BCUT2D eigenvalue weighted by Crippen LogP contribution is -2.59. The molecule has 0 radical (unpaired) electrons. The van der Waals surface area contributed by atoms with E-state index in [0.717, 1.165) is 0 Å². The summed E-state index contributed by atoms with van der Waals surface area (Å²) in [4.78, 5) is 23.7. The Hall–Kier alpha value is -2.44. The van der Waals surface area contributed by atoms with Gasteiger partial charge in [0.05, 0.1) is 13.0 Å². The van der Waals surface area contributed by atoms with E-state index in [2.05, 4.69) is 5.32 Å². The average Bonchev–Trinajstić information content (AvgIpc) is 2.69. The van der Waals surface area contributed by atoms with Crippen LogP contribution in [0.15, 0.2) is 18.2 Å². The molecule has 0 aliphatic carbocycles. The SMILES string of the molecule is O=C(CCC(=O)O[C@@H]1O[C@H](CO)[C@@H](O)[C@H](O)[C@H]1O)NCCc1ccc(O)c(O)c1. The Morgan fingerprint density at radius 1 is 1.03 bits per heavy atom. The highest BCUT2D eigenvalue weighted by Gasteiger charge is 2.45. The van der Waals surface area contributed by atoms with Crippen LogP contribution in [-0.2, 0) is 25.5 Å². The minimum absolute atomic E-state index is 0.197. The number of phenolic OH excluding ortho intramolecular Hbond substituents is 2. The summed E-state index contributed by atoms with van der Waals surface area (Å²) in [6, 6.07) is 4.31. The van der Waals surface area contributed by atoms with Gasteiger partial charge in [0.2, 0.25) is 12.2 Å². The number of aliphatic hydroxyl groups is 4. The van der Waals surface area contributed by atoms with E-state index in [0.29, 0.717) is 12.0 Å². The van der Waals surface area contributed by atoms with Crippen molar-refractivity contribution in [3.05, 3.63) is 23.8 Å². The topological polar surface area (TPSA) is 186 Å². The van der Waals surface area contributed by atoms with E-state index >= 15 is 0 Å². The van der Waals surface area contributed by atoms with Crippen LogP contribution >= 0.6 is 0 Å². The fourth-order valence-corrected chi connectivity index (χ4v) is 2.73. The molecule has 1 saturated heterocycles. The second-order valence-corrected chi connectivity index (χ2v) is 6.61. The zero-order valence-electron chi connectivity index (χ0n) is 15.5. The number of nitrogens with one attached hydrogen (secondary N) is 1. The molecule has 1 fully saturated rings. The maximum absolute atomic E-state index is 11.9. The van der Waals surface area contributed by atoms with E-state index in [1.54, 1.807) is 6.07 Å². The third-order valence-electron chi connectivity index (χ3n) is 4.43. The summed E-state index contributed by atoms with van der Waals surface area (Å²) in [6.45, 7) is -0.412. The number of esters is 1. The number of hydrogen-bond donors (Lipinski definition) is 7. The second kappa shape index (κ2) is 10.4. The molecular formula is C18H25NO10. The first-order chi connectivity index (χ1) is 13.7. The minimum atomic E-state index is -1.70. The number of hydrogen-bond acceptors (Lipinski definition) is 10. The molecule has 2 rings (SSSR count). The molecule has 1 aromatic rings. The number of aliphatic hydroxyl groups excluding tert-OH is 4. The van der Waals surface area contributed by atoms with Crippen molar-refractivity contribution in [1.82, 2.24) is 5.32 Å². The Balaban J connectivity index is 1.71. The number of carbonyl (C=O) groups is 2. The van der Waals surface area contributed by atoms with Gasteiger partial charge in [-0.05, 0) is 24.1 Å². The predicted molar refractivity (Wildman–Crippen MR) is 95.6 cm³/mol. The lowest BCUT2D eigenvalue weighted by atomic mass is 9.99. The van der Waals surface area contributed by atoms with Gasteiger partial charge in [-0.2, -0.15) is 0 Å². The van der Waals surface area contributed by atoms with Crippen molar-refractivity contribution < 1.29 is 49.7 Å². The molecule has 0 bridgehead atoms. The van der Waals surface area contributed by atoms with Crippen LogP contribution in [0.25, 0.3) is 0 Å². The molecule has 162 valence electrons. The summed E-state index contributed by atoms with van der Waals surface area (Å²) in [7, 11) is 0. The number of aromatic hydroxyl groups is 2. The van der Waals surface area contributed by atoms with Gasteiger partial charge in [-0.25, -0.2) is 0 Å². The van der Waals surface area contributed by atoms with E-state index < -0.39 is 49.2 Å². The van der Waals surface area contributed by atoms with Crippen molar-refractivity contribution in [3.8, 4) is 11.5 Å². The van der Waals surface area contributed by atoms with Crippen LogP contribution in [-0.4, -0.2) is 86.4 Å². The fourth-order valence-electron chi connectivity index (χ4n) is 2.73. The maximum atomic E-state index is 11.9. The van der Waals surface area contributed by atoms with Gasteiger partial charge in [0.25, 0.3) is 0 Å². The lowest BCUT2D eigenvalue weighted by molar-refractivity contribution is -0.292. The monoisotopic (exact) mass is 415 g/mol. The van der Waals surface area contributed by atoms with Crippen LogP contribution in [0.4, 0.5) is 0 Å². The highest BCUT2D eigenvalue weighted by Crippen LogP contribution is 2.25. The maximum Gasteiger partial charge on any atom is 0.308 e. The van der Waals surface area contributed by atoms with E-state index in [-0.39, 0.29) is 30.9 Å². The first-order valence-corrected chi connectivity index (χ1v) is 9.00. The number of phenols is 2. The van der Waals surface area contributed by atoms with E-state index in [1.165, 1.54) is 12.1 Å². The number of benzene rings is 1. The van der Waals surface area contributed by atoms with Gasteiger partial charge in [0, 0.05) is 13.0 Å². The third-order valence-corrected chi connectivity index (χ3v) is 4.43. The van der Waals surface area contributed by atoms with Crippen LogP contribution in [0, 0.1) is 0 Å². The van der Waals surface area contributed by atoms with Crippen LogP contribution in [0.1, 0.15) is 18.4 Å². The predicted octanol–water partition coefficient (Wildman–Crippen LogP) is -2.12. The molecule has 0 spiro atoms. The fraction of sp³-hybridized carbons (Fsp3) is 0.556. The van der Waals surface area contributed by atoms with Gasteiger partial charge in [-0.15, -0.1) is 0 Å². The first-order valence-electron chi connectivity index (χ1n) is 9.00. The highest BCUT2D eigenvalue weighted by atomic mass is 16.7. The van der Waals surface area contributed by atoms with Gasteiger partial charge in [0.1, 0.15) is 24.4 Å². The van der Waals surface area contributed by atoms with Crippen molar-refractivity contribution in [2.24, 2.45) is 0 Å². The van der Waals surface area contributed by atoms with Gasteiger partial charge in [-0.1, -0.05) is 6.07 Å². The van der Waals surface area contributed by atoms with E-state index in [1.807, 2.05) is 0 Å². The van der Waals surface area contributed by atoms with E-state index in [9.17, 15) is 35.1 Å². The van der Waals surface area contributed by atoms with Crippen molar-refractivity contribution in [2.75, 3.05) is 13.2 Å². The Morgan fingerprint density at radius 2 is 1.76 bits per heavy atom. The molecule has 11 heteroatoms. The molecular weight excluding hydrogens is 390 g/mol. The summed E-state index contributed by atoms with van der Waals surface area (Å²) in [6.07, 6.45) is -7.83. The summed E-state index contributed by atoms with van der Waals surface area (Å²) >= 11 is 0. The smallest absolute Gasteiger partial charge is 0.308 e. The quantitative estimate of drug-likeness (QED) is 0.183. The normalized spacial score (nSPS) is 26.7. The molecule has 1 aromatic carbocycles. The zero-order chi connectivity index (χ0) is 21.6. The molecule has 0 saturated carbocycles. The van der Waals surface area contributed by atoms with Crippen molar-refractivity contribution in [3.63, 3.8) is 0 Å². The Bertz CT molecular complexity index is 710. The van der Waals surface area contributed by atoms with Crippen LogP contribution < -0.4 is 5.32 Å². The second-order valence-electron chi connectivity index (χ2n) is 6.61. The lowest BCUT2D eigenvalue weighted by Gasteiger charge is -2.39. The van der Waals surface area contributed by atoms with Crippen LogP contribution in [0.5, 0.6) is 11.5 Å². The molecule has 0 unspecified atom stereocenters. The number of amides is 1. The zero-order valence-corrected chi connectivity index (χ0v) is 15.5. The Morgan fingerprint density at radius 3 is 2.41 bits per heavy atom. The van der Waals surface area contributed by atoms with Gasteiger partial charge in [-0.3, -0.25) is 9.59 Å². The molecule has 7 N–H and O–H groups in total. The molecule has 5 atom stereocenters. The van der Waals surface area contributed by atoms with Crippen LogP contribution in [0.2, 0.25) is 0 Å². The highest BCUT2D eigenvalue weighted by molar-refractivity contribution is 5.81. The molecule has 1 aliphatic rings. The van der Waals surface area contributed by atoms with Crippen molar-refractivity contribution >= 4 is 11.9 Å². The molecule has 1 aliphatic heterocycles. The number of carbonyl (C=O) groups excluding carboxylic acids is 2. The van der Waals surface area contributed by atoms with Crippen molar-refractivity contribution in [2.45, 2.75) is 50.0 Å². The molecule has 11 nitrogen and oxygen atoms in total. The summed E-state index contributed by atoms with van der Waals surface area (Å²) < 4.78 is 9.93.